The highest BCUT2D eigenvalue weighted by atomic mass is 32.1. The van der Waals surface area contributed by atoms with Crippen molar-refractivity contribution in [3.8, 4) is 0 Å². The zero-order valence-electron chi connectivity index (χ0n) is 10.4. The van der Waals surface area contributed by atoms with E-state index < -0.39 is 0 Å². The topological polar surface area (TPSA) is 46.5 Å². The Morgan fingerprint density at radius 3 is 2.89 bits per heavy atom. The number of aromatic nitrogens is 4. The number of fused-ring (bicyclic) bond motifs is 3. The minimum atomic E-state index is 0.427. The molecule has 4 nitrogen and oxygen atoms in total. The molecular formula is C13H14N4S. The van der Waals surface area contributed by atoms with Crippen LogP contribution in [0, 0.1) is 4.77 Å². The molecule has 0 aliphatic rings. The SMILES string of the molecule is CCc1ccc2c(c1)c1n[nH]c(=S)nc1n2CC. The summed E-state index contributed by atoms with van der Waals surface area (Å²) >= 11 is 5.06. The van der Waals surface area contributed by atoms with Crippen LogP contribution in [0.1, 0.15) is 19.4 Å². The van der Waals surface area contributed by atoms with E-state index in [4.69, 9.17) is 12.2 Å². The molecule has 1 aromatic carbocycles. The third-order valence-electron chi connectivity index (χ3n) is 3.27. The van der Waals surface area contributed by atoms with Crippen LogP contribution in [-0.4, -0.2) is 19.7 Å². The van der Waals surface area contributed by atoms with E-state index in [1.807, 2.05) is 0 Å². The highest BCUT2D eigenvalue weighted by Gasteiger charge is 2.12. The van der Waals surface area contributed by atoms with Crippen LogP contribution < -0.4 is 0 Å². The molecule has 0 saturated carbocycles. The Morgan fingerprint density at radius 2 is 2.17 bits per heavy atom. The Hall–Kier alpha value is -1.75. The summed E-state index contributed by atoms with van der Waals surface area (Å²) in [6.07, 6.45) is 1.02. The summed E-state index contributed by atoms with van der Waals surface area (Å²) in [5.41, 5.74) is 4.24. The van der Waals surface area contributed by atoms with Gasteiger partial charge in [0, 0.05) is 11.9 Å². The zero-order valence-corrected chi connectivity index (χ0v) is 11.2. The van der Waals surface area contributed by atoms with Gasteiger partial charge < -0.3 is 4.57 Å². The normalized spacial score (nSPS) is 11.4. The number of nitrogens with zero attached hydrogens (tertiary/aromatic N) is 3. The van der Waals surface area contributed by atoms with Crippen LogP contribution in [0.4, 0.5) is 0 Å². The quantitative estimate of drug-likeness (QED) is 0.718. The maximum Gasteiger partial charge on any atom is 0.215 e. The van der Waals surface area contributed by atoms with Crippen LogP contribution in [0.5, 0.6) is 0 Å². The van der Waals surface area contributed by atoms with Gasteiger partial charge in [0.1, 0.15) is 5.52 Å². The molecule has 3 aromatic rings. The van der Waals surface area contributed by atoms with Crippen molar-refractivity contribution in [2.24, 2.45) is 0 Å². The number of aromatic amines is 1. The summed E-state index contributed by atoms with van der Waals surface area (Å²) in [7, 11) is 0. The molecule has 0 spiro atoms. The molecular weight excluding hydrogens is 244 g/mol. The fourth-order valence-corrected chi connectivity index (χ4v) is 2.49. The molecule has 0 aliphatic carbocycles. The van der Waals surface area contributed by atoms with E-state index in [0.29, 0.717) is 4.77 Å². The van der Waals surface area contributed by atoms with Gasteiger partial charge in [-0.25, -0.2) is 0 Å². The summed E-state index contributed by atoms with van der Waals surface area (Å²) in [6, 6.07) is 6.49. The van der Waals surface area contributed by atoms with Crippen LogP contribution >= 0.6 is 12.2 Å². The molecule has 2 aromatic heterocycles. The highest BCUT2D eigenvalue weighted by molar-refractivity contribution is 7.71. The summed E-state index contributed by atoms with van der Waals surface area (Å²) in [5.74, 6) is 0. The Kier molecular flexibility index (Phi) is 2.63. The third kappa shape index (κ3) is 1.54. The molecule has 0 bridgehead atoms. The first-order valence-corrected chi connectivity index (χ1v) is 6.53. The van der Waals surface area contributed by atoms with Gasteiger partial charge in [-0.15, -0.1) is 0 Å². The molecule has 3 rings (SSSR count). The molecule has 18 heavy (non-hydrogen) atoms. The van der Waals surface area contributed by atoms with Gasteiger partial charge in [-0.3, -0.25) is 5.10 Å². The standard InChI is InChI=1S/C13H14N4S/c1-3-8-5-6-10-9(7-8)11-12(17(10)4-2)14-13(18)16-15-11/h5-7H,3-4H2,1-2H3,(H,14,16,18). The molecule has 0 fully saturated rings. The predicted octanol–water partition coefficient (Wildman–Crippen LogP) is 3.22. The second-order valence-corrected chi connectivity index (χ2v) is 4.65. The number of hydrogen-bond acceptors (Lipinski definition) is 3. The van der Waals surface area contributed by atoms with Crippen LogP contribution in [0.2, 0.25) is 0 Å². The van der Waals surface area contributed by atoms with Crippen LogP contribution in [0.3, 0.4) is 0 Å². The third-order valence-corrected chi connectivity index (χ3v) is 3.45. The van der Waals surface area contributed by atoms with E-state index in [1.165, 1.54) is 11.1 Å². The average molecular weight is 258 g/mol. The Bertz CT molecular complexity index is 785. The summed E-state index contributed by atoms with van der Waals surface area (Å²) in [6.45, 7) is 5.12. The summed E-state index contributed by atoms with van der Waals surface area (Å²) in [5, 5.41) is 8.27. The average Bonchev–Trinajstić information content (AvgIpc) is 2.70. The van der Waals surface area contributed by atoms with Crippen molar-refractivity contribution in [1.29, 1.82) is 0 Å². The Morgan fingerprint density at radius 1 is 1.33 bits per heavy atom. The Labute approximate surface area is 110 Å². The van der Waals surface area contributed by atoms with Gasteiger partial charge in [-0.2, -0.15) is 10.1 Å². The second-order valence-electron chi connectivity index (χ2n) is 4.26. The van der Waals surface area contributed by atoms with Crippen molar-refractivity contribution in [2.45, 2.75) is 26.8 Å². The maximum atomic E-state index is 5.06. The summed E-state index contributed by atoms with van der Waals surface area (Å²) < 4.78 is 2.58. The molecule has 92 valence electrons. The van der Waals surface area contributed by atoms with Gasteiger partial charge in [0.15, 0.2) is 5.65 Å². The first-order valence-electron chi connectivity index (χ1n) is 6.12. The van der Waals surface area contributed by atoms with E-state index in [0.717, 1.165) is 29.5 Å². The number of rotatable bonds is 2. The fraction of sp³-hybridized carbons (Fsp3) is 0.308. The van der Waals surface area contributed by atoms with Crippen molar-refractivity contribution < 1.29 is 0 Å². The van der Waals surface area contributed by atoms with Gasteiger partial charge >= 0.3 is 0 Å². The lowest BCUT2D eigenvalue weighted by atomic mass is 10.1. The fourth-order valence-electron chi connectivity index (χ4n) is 2.36. The van der Waals surface area contributed by atoms with Gasteiger partial charge in [0.25, 0.3) is 0 Å². The molecule has 1 N–H and O–H groups in total. The van der Waals surface area contributed by atoms with Gasteiger partial charge in [-0.1, -0.05) is 13.0 Å². The van der Waals surface area contributed by atoms with E-state index in [2.05, 4.69) is 51.8 Å². The molecule has 0 unspecified atom stereocenters. The minimum absolute atomic E-state index is 0.427. The number of benzene rings is 1. The van der Waals surface area contributed by atoms with Crippen molar-refractivity contribution in [1.82, 2.24) is 19.7 Å². The number of H-pyrrole nitrogens is 1. The molecule has 0 radical (unpaired) electrons. The first kappa shape index (κ1) is 11.3. The lowest BCUT2D eigenvalue weighted by Gasteiger charge is -2.01. The van der Waals surface area contributed by atoms with Gasteiger partial charge in [0.2, 0.25) is 4.77 Å². The van der Waals surface area contributed by atoms with E-state index >= 15 is 0 Å². The second kappa shape index (κ2) is 4.17. The smallest absolute Gasteiger partial charge is 0.215 e. The van der Waals surface area contributed by atoms with E-state index in [9.17, 15) is 0 Å². The molecule has 0 saturated heterocycles. The maximum absolute atomic E-state index is 5.06. The zero-order chi connectivity index (χ0) is 12.7. The number of nitrogens with one attached hydrogen (secondary N) is 1. The van der Waals surface area contributed by atoms with Crippen molar-refractivity contribution in [2.75, 3.05) is 0 Å². The van der Waals surface area contributed by atoms with Crippen molar-refractivity contribution >= 4 is 34.3 Å². The Balaban J connectivity index is 2.52. The van der Waals surface area contributed by atoms with Gasteiger partial charge in [-0.05, 0) is 43.3 Å². The van der Waals surface area contributed by atoms with Gasteiger partial charge in [0.05, 0.1) is 5.52 Å². The van der Waals surface area contributed by atoms with Crippen molar-refractivity contribution in [3.63, 3.8) is 0 Å². The molecule has 0 atom stereocenters. The highest BCUT2D eigenvalue weighted by Crippen LogP contribution is 2.26. The van der Waals surface area contributed by atoms with Crippen LogP contribution in [0.25, 0.3) is 22.1 Å². The molecule has 0 amide bonds. The lowest BCUT2D eigenvalue weighted by Crippen LogP contribution is -1.96. The minimum Gasteiger partial charge on any atom is -0.324 e. The monoisotopic (exact) mass is 258 g/mol. The summed E-state index contributed by atoms with van der Waals surface area (Å²) in [4.78, 5) is 4.40. The predicted molar refractivity (Wildman–Crippen MR) is 75.3 cm³/mol. The van der Waals surface area contributed by atoms with E-state index in [1.54, 1.807) is 0 Å². The van der Waals surface area contributed by atoms with Crippen molar-refractivity contribution in [3.05, 3.63) is 28.5 Å². The van der Waals surface area contributed by atoms with E-state index in [-0.39, 0.29) is 0 Å². The number of aryl methyl sites for hydroxylation is 2. The van der Waals surface area contributed by atoms with Crippen LogP contribution in [0.15, 0.2) is 18.2 Å². The lowest BCUT2D eigenvalue weighted by molar-refractivity contribution is 0.808. The first-order chi connectivity index (χ1) is 8.74. The van der Waals surface area contributed by atoms with Crippen LogP contribution in [-0.2, 0) is 13.0 Å². The number of hydrogen-bond donors (Lipinski definition) is 1. The molecule has 0 aliphatic heterocycles. The molecule has 2 heterocycles. The largest absolute Gasteiger partial charge is 0.324 e. The molecule has 5 heteroatoms.